The number of sulfonamides is 1. The van der Waals surface area contributed by atoms with E-state index in [4.69, 9.17) is 5.73 Å². The second-order valence-corrected chi connectivity index (χ2v) is 6.35. The lowest BCUT2D eigenvalue weighted by molar-refractivity contribution is 0.463. The van der Waals surface area contributed by atoms with Gasteiger partial charge in [-0.15, -0.1) is 0 Å². The minimum absolute atomic E-state index is 0.0958. The molecule has 1 aromatic carbocycles. The molecular weight excluding hydrogens is 262 g/mol. The van der Waals surface area contributed by atoms with E-state index in [0.29, 0.717) is 12.5 Å². The average molecular weight is 276 g/mol. The summed E-state index contributed by atoms with van der Waals surface area (Å²) in [5, 5.41) is 0. The second kappa shape index (κ2) is 4.56. The van der Waals surface area contributed by atoms with Crippen molar-refractivity contribution in [3.8, 4) is 0 Å². The zero-order valence-corrected chi connectivity index (χ0v) is 10.7. The molecule has 0 bridgehead atoms. The van der Waals surface area contributed by atoms with E-state index in [1.165, 1.54) is 6.92 Å². The van der Waals surface area contributed by atoms with Crippen molar-refractivity contribution in [2.45, 2.75) is 24.3 Å². The Labute approximate surface area is 104 Å². The molecule has 0 amide bonds. The summed E-state index contributed by atoms with van der Waals surface area (Å²) in [5.74, 6) is -1.83. The van der Waals surface area contributed by atoms with Crippen molar-refractivity contribution in [2.75, 3.05) is 13.1 Å². The van der Waals surface area contributed by atoms with Gasteiger partial charge < -0.3 is 5.73 Å². The molecule has 0 aliphatic carbocycles. The highest BCUT2D eigenvalue weighted by Gasteiger charge is 2.33. The smallest absolute Gasteiger partial charge is 0.246 e. The molecule has 1 aliphatic rings. The van der Waals surface area contributed by atoms with E-state index in [1.807, 2.05) is 0 Å². The Balaban J connectivity index is 2.45. The van der Waals surface area contributed by atoms with Crippen molar-refractivity contribution in [3.05, 3.63) is 29.3 Å². The molecule has 7 heteroatoms. The summed E-state index contributed by atoms with van der Waals surface area (Å²) < 4.78 is 52.2. The molecule has 1 heterocycles. The van der Waals surface area contributed by atoms with Crippen LogP contribution < -0.4 is 5.73 Å². The van der Waals surface area contributed by atoms with Crippen LogP contribution in [0.15, 0.2) is 17.0 Å². The Bertz CT molecular complexity index is 575. The SMILES string of the molecule is Cc1cc(S(=O)(=O)N2CC[C@H](N)C2)c(F)cc1F. The molecule has 2 N–H and O–H groups in total. The van der Waals surface area contributed by atoms with Crippen molar-refractivity contribution in [2.24, 2.45) is 5.73 Å². The Morgan fingerprint density at radius 2 is 2.00 bits per heavy atom. The van der Waals surface area contributed by atoms with Gasteiger partial charge in [-0.1, -0.05) is 0 Å². The van der Waals surface area contributed by atoms with E-state index < -0.39 is 26.6 Å². The quantitative estimate of drug-likeness (QED) is 0.876. The van der Waals surface area contributed by atoms with Gasteiger partial charge in [0.2, 0.25) is 10.0 Å². The third-order valence-corrected chi connectivity index (χ3v) is 4.90. The first-order valence-corrected chi connectivity index (χ1v) is 6.98. The van der Waals surface area contributed by atoms with E-state index in [0.717, 1.165) is 10.4 Å². The lowest BCUT2D eigenvalue weighted by Crippen LogP contribution is -2.32. The highest BCUT2D eigenvalue weighted by Crippen LogP contribution is 2.24. The lowest BCUT2D eigenvalue weighted by Gasteiger charge is -2.16. The van der Waals surface area contributed by atoms with Gasteiger partial charge in [-0.3, -0.25) is 0 Å². The number of nitrogens with zero attached hydrogens (tertiary/aromatic N) is 1. The summed E-state index contributed by atoms with van der Waals surface area (Å²) in [4.78, 5) is -0.490. The Hall–Kier alpha value is -1.05. The number of rotatable bonds is 2. The number of hydrogen-bond donors (Lipinski definition) is 1. The minimum atomic E-state index is -3.93. The number of benzene rings is 1. The van der Waals surface area contributed by atoms with Gasteiger partial charge in [-0.25, -0.2) is 17.2 Å². The van der Waals surface area contributed by atoms with Gasteiger partial charge in [-0.2, -0.15) is 4.31 Å². The summed E-state index contributed by atoms with van der Waals surface area (Å²) >= 11 is 0. The molecule has 2 rings (SSSR count). The molecule has 0 aromatic heterocycles. The first-order valence-electron chi connectivity index (χ1n) is 5.53. The molecule has 1 atom stereocenters. The predicted molar refractivity (Wildman–Crippen MR) is 62.4 cm³/mol. The van der Waals surface area contributed by atoms with Crippen molar-refractivity contribution < 1.29 is 17.2 Å². The number of aryl methyl sites for hydroxylation is 1. The first-order chi connectivity index (χ1) is 8.32. The molecule has 4 nitrogen and oxygen atoms in total. The summed E-state index contributed by atoms with van der Waals surface area (Å²) in [5.41, 5.74) is 5.73. The van der Waals surface area contributed by atoms with Crippen LogP contribution in [0.4, 0.5) is 8.78 Å². The van der Waals surface area contributed by atoms with Crippen molar-refractivity contribution >= 4 is 10.0 Å². The van der Waals surface area contributed by atoms with Crippen LogP contribution in [0.2, 0.25) is 0 Å². The molecule has 18 heavy (non-hydrogen) atoms. The fourth-order valence-corrected chi connectivity index (χ4v) is 3.58. The van der Waals surface area contributed by atoms with Gasteiger partial charge in [0.05, 0.1) is 0 Å². The highest BCUT2D eigenvalue weighted by atomic mass is 32.2. The van der Waals surface area contributed by atoms with Gasteiger partial charge in [0.15, 0.2) is 0 Å². The van der Waals surface area contributed by atoms with Gasteiger partial charge in [-0.05, 0) is 25.0 Å². The fraction of sp³-hybridized carbons (Fsp3) is 0.455. The molecule has 0 unspecified atom stereocenters. The topological polar surface area (TPSA) is 63.4 Å². The highest BCUT2D eigenvalue weighted by molar-refractivity contribution is 7.89. The Morgan fingerprint density at radius 1 is 1.33 bits per heavy atom. The average Bonchev–Trinajstić information content (AvgIpc) is 2.70. The molecule has 100 valence electrons. The van der Waals surface area contributed by atoms with Crippen LogP contribution in [0.1, 0.15) is 12.0 Å². The predicted octanol–water partition coefficient (Wildman–Crippen LogP) is 0.995. The molecule has 1 saturated heterocycles. The maximum Gasteiger partial charge on any atom is 0.246 e. The largest absolute Gasteiger partial charge is 0.326 e. The van der Waals surface area contributed by atoms with Crippen LogP contribution >= 0.6 is 0 Å². The van der Waals surface area contributed by atoms with Crippen LogP contribution in [0, 0.1) is 18.6 Å². The third-order valence-electron chi connectivity index (χ3n) is 3.02. The maximum absolute atomic E-state index is 13.6. The van der Waals surface area contributed by atoms with E-state index in [9.17, 15) is 17.2 Å². The zero-order valence-electron chi connectivity index (χ0n) is 9.86. The number of nitrogens with two attached hydrogens (primary N) is 1. The lowest BCUT2D eigenvalue weighted by atomic mass is 10.2. The molecule has 1 aromatic rings. The van der Waals surface area contributed by atoms with Crippen molar-refractivity contribution in [1.82, 2.24) is 4.31 Å². The van der Waals surface area contributed by atoms with E-state index in [1.54, 1.807) is 0 Å². The van der Waals surface area contributed by atoms with Crippen molar-refractivity contribution in [3.63, 3.8) is 0 Å². The third kappa shape index (κ3) is 2.25. The number of halogens is 2. The first kappa shape index (κ1) is 13.4. The van der Waals surface area contributed by atoms with Crippen molar-refractivity contribution in [1.29, 1.82) is 0 Å². The Kier molecular flexibility index (Phi) is 3.39. The van der Waals surface area contributed by atoms with E-state index in [2.05, 4.69) is 0 Å². The molecular formula is C11H14F2N2O2S. The molecule has 0 radical (unpaired) electrons. The van der Waals surface area contributed by atoms with Crippen LogP contribution in [-0.4, -0.2) is 31.9 Å². The summed E-state index contributed by atoms with van der Waals surface area (Å²) in [6, 6.07) is 1.38. The van der Waals surface area contributed by atoms with Gasteiger partial charge >= 0.3 is 0 Å². The van der Waals surface area contributed by atoms with Gasteiger partial charge in [0.1, 0.15) is 16.5 Å². The molecule has 0 spiro atoms. The standard InChI is InChI=1S/C11H14F2N2O2S/c1-7-4-11(10(13)5-9(7)12)18(16,17)15-3-2-8(14)6-15/h4-5,8H,2-3,6,14H2,1H3/t8-/m0/s1. The van der Waals surface area contributed by atoms with Crippen LogP contribution in [-0.2, 0) is 10.0 Å². The number of hydrogen-bond acceptors (Lipinski definition) is 3. The van der Waals surface area contributed by atoms with E-state index in [-0.39, 0.29) is 24.7 Å². The maximum atomic E-state index is 13.6. The summed E-state index contributed by atoms with van der Waals surface area (Å²) in [7, 11) is -3.93. The minimum Gasteiger partial charge on any atom is -0.326 e. The van der Waals surface area contributed by atoms with E-state index >= 15 is 0 Å². The zero-order chi connectivity index (χ0) is 13.5. The van der Waals surface area contributed by atoms with Gasteiger partial charge in [0.25, 0.3) is 0 Å². The van der Waals surface area contributed by atoms with Gasteiger partial charge in [0, 0.05) is 25.2 Å². The Morgan fingerprint density at radius 3 is 2.56 bits per heavy atom. The normalized spacial score (nSPS) is 21.4. The second-order valence-electron chi connectivity index (χ2n) is 4.44. The molecule has 1 fully saturated rings. The molecule has 0 saturated carbocycles. The fourth-order valence-electron chi connectivity index (χ4n) is 1.94. The van der Waals surface area contributed by atoms with Crippen LogP contribution in [0.5, 0.6) is 0 Å². The molecule has 1 aliphatic heterocycles. The van der Waals surface area contributed by atoms with Crippen LogP contribution in [0.3, 0.4) is 0 Å². The monoisotopic (exact) mass is 276 g/mol. The van der Waals surface area contributed by atoms with Crippen LogP contribution in [0.25, 0.3) is 0 Å². The summed E-state index contributed by atoms with van der Waals surface area (Å²) in [6.45, 7) is 1.82. The summed E-state index contributed by atoms with van der Waals surface area (Å²) in [6.07, 6.45) is 0.543.